The summed E-state index contributed by atoms with van der Waals surface area (Å²) in [4.78, 5) is 13.4. The largest absolute Gasteiger partial charge is 0.497 e. The second-order valence-corrected chi connectivity index (χ2v) is 8.38. The van der Waals surface area contributed by atoms with E-state index >= 15 is 0 Å². The van der Waals surface area contributed by atoms with Crippen molar-refractivity contribution in [3.63, 3.8) is 0 Å². The van der Waals surface area contributed by atoms with Crippen molar-refractivity contribution in [2.75, 3.05) is 26.1 Å². The molecule has 5 aromatic rings. The smallest absolute Gasteiger partial charge is 0.184 e. The predicted molar refractivity (Wildman–Crippen MR) is 144 cm³/mol. The molecular formula is C28H28N6O4. The van der Waals surface area contributed by atoms with Gasteiger partial charge in [0.2, 0.25) is 0 Å². The van der Waals surface area contributed by atoms with Crippen molar-refractivity contribution >= 4 is 22.4 Å². The number of hydrogen-bond acceptors (Lipinski definition) is 9. The summed E-state index contributed by atoms with van der Waals surface area (Å²) in [6.07, 6.45) is 3.63. The highest BCUT2D eigenvalue weighted by molar-refractivity contribution is 5.92. The summed E-state index contributed by atoms with van der Waals surface area (Å²) in [6, 6.07) is 17.6. The van der Waals surface area contributed by atoms with Crippen LogP contribution < -0.4 is 14.8 Å². The zero-order valence-corrected chi connectivity index (χ0v) is 21.3. The van der Waals surface area contributed by atoms with Gasteiger partial charge < -0.3 is 24.6 Å². The number of aromatic nitrogens is 5. The van der Waals surface area contributed by atoms with Crippen LogP contribution in [0.4, 0.5) is 11.5 Å². The number of ether oxygens (including phenoxy) is 3. The molecule has 0 aliphatic rings. The van der Waals surface area contributed by atoms with Crippen LogP contribution in [0.5, 0.6) is 11.5 Å². The fraction of sp³-hybridized carbons (Fsp3) is 0.214. The van der Waals surface area contributed by atoms with E-state index in [0.29, 0.717) is 47.5 Å². The molecule has 10 nitrogen and oxygen atoms in total. The molecule has 0 saturated carbocycles. The molecule has 194 valence electrons. The van der Waals surface area contributed by atoms with Gasteiger partial charge in [-0.05, 0) is 36.8 Å². The van der Waals surface area contributed by atoms with E-state index < -0.39 is 6.29 Å². The van der Waals surface area contributed by atoms with Gasteiger partial charge in [-0.25, -0.2) is 9.97 Å². The van der Waals surface area contributed by atoms with Gasteiger partial charge in [-0.2, -0.15) is 5.10 Å². The van der Waals surface area contributed by atoms with E-state index in [2.05, 4.69) is 15.3 Å². The standard InChI is InChI=1S/C28H28N6O4/c1-4-38-28(35)21-15-29-14-13-22(21)31-26-24(37-3)16-30-27(32-26)25-20-7-5-6-8-23(20)34(33-25)17-18-9-11-19(36-2)12-10-18/h5-16,28,35H,4,17H2,1-3H3,(H,29,30,31,32). The van der Waals surface area contributed by atoms with Crippen molar-refractivity contribution in [2.24, 2.45) is 0 Å². The Morgan fingerprint density at radius 3 is 2.58 bits per heavy atom. The first-order chi connectivity index (χ1) is 18.6. The number of para-hydroxylation sites is 1. The van der Waals surface area contributed by atoms with Crippen LogP contribution in [-0.4, -0.2) is 50.7 Å². The molecule has 0 fully saturated rings. The number of fused-ring (bicyclic) bond motifs is 1. The number of aliphatic hydroxyl groups is 1. The third-order valence-electron chi connectivity index (χ3n) is 6.03. The van der Waals surface area contributed by atoms with Crippen LogP contribution >= 0.6 is 0 Å². The topological polar surface area (TPSA) is 116 Å². The zero-order valence-electron chi connectivity index (χ0n) is 21.3. The van der Waals surface area contributed by atoms with Gasteiger partial charge in [0.1, 0.15) is 11.4 Å². The van der Waals surface area contributed by atoms with E-state index in [1.54, 1.807) is 38.9 Å². The fourth-order valence-corrected chi connectivity index (χ4v) is 4.13. The lowest BCUT2D eigenvalue weighted by Crippen LogP contribution is -2.08. The van der Waals surface area contributed by atoms with Gasteiger partial charge in [-0.3, -0.25) is 9.67 Å². The second kappa shape index (κ2) is 11.2. The maximum atomic E-state index is 10.4. The Hall–Kier alpha value is -4.54. The number of anilines is 2. The summed E-state index contributed by atoms with van der Waals surface area (Å²) < 4.78 is 18.1. The first-order valence-electron chi connectivity index (χ1n) is 12.1. The van der Waals surface area contributed by atoms with E-state index in [1.807, 2.05) is 60.1 Å². The van der Waals surface area contributed by atoms with Crippen molar-refractivity contribution in [1.82, 2.24) is 24.7 Å². The van der Waals surface area contributed by atoms with Gasteiger partial charge in [0.15, 0.2) is 23.7 Å². The predicted octanol–water partition coefficient (Wildman–Crippen LogP) is 4.72. The second-order valence-electron chi connectivity index (χ2n) is 8.38. The molecule has 1 atom stereocenters. The maximum absolute atomic E-state index is 10.4. The SMILES string of the molecule is CCOC(O)c1cnccc1Nc1nc(-c2nn(Cc3ccc(OC)cc3)c3ccccc23)ncc1OC. The summed E-state index contributed by atoms with van der Waals surface area (Å²) >= 11 is 0. The molecule has 38 heavy (non-hydrogen) atoms. The highest BCUT2D eigenvalue weighted by Gasteiger charge is 2.19. The number of nitrogens with zero attached hydrogens (tertiary/aromatic N) is 5. The summed E-state index contributed by atoms with van der Waals surface area (Å²) in [6.45, 7) is 2.73. The van der Waals surface area contributed by atoms with Crippen molar-refractivity contribution in [3.8, 4) is 23.0 Å². The van der Waals surface area contributed by atoms with Crippen LogP contribution in [-0.2, 0) is 11.3 Å². The van der Waals surface area contributed by atoms with Crippen LogP contribution in [0.15, 0.2) is 73.2 Å². The molecule has 0 amide bonds. The third kappa shape index (κ3) is 5.13. The molecule has 2 N–H and O–H groups in total. The average molecular weight is 513 g/mol. The molecule has 1 unspecified atom stereocenters. The van der Waals surface area contributed by atoms with Crippen LogP contribution in [0.25, 0.3) is 22.4 Å². The van der Waals surface area contributed by atoms with Crippen molar-refractivity contribution < 1.29 is 19.3 Å². The normalized spacial score (nSPS) is 11.9. The third-order valence-corrected chi connectivity index (χ3v) is 6.03. The van der Waals surface area contributed by atoms with Gasteiger partial charge in [0, 0.05) is 30.0 Å². The first-order valence-corrected chi connectivity index (χ1v) is 12.1. The molecule has 0 aliphatic heterocycles. The molecule has 0 bridgehead atoms. The average Bonchev–Trinajstić information content (AvgIpc) is 3.32. The van der Waals surface area contributed by atoms with Crippen molar-refractivity contribution in [1.29, 1.82) is 0 Å². The number of hydrogen-bond donors (Lipinski definition) is 2. The van der Waals surface area contributed by atoms with Gasteiger partial charge in [0.25, 0.3) is 0 Å². The van der Waals surface area contributed by atoms with Crippen LogP contribution in [0.3, 0.4) is 0 Å². The van der Waals surface area contributed by atoms with E-state index in [-0.39, 0.29) is 0 Å². The lowest BCUT2D eigenvalue weighted by Gasteiger charge is -2.17. The summed E-state index contributed by atoms with van der Waals surface area (Å²) in [5, 5.41) is 19.5. The summed E-state index contributed by atoms with van der Waals surface area (Å²) in [5.41, 5.74) is 3.75. The molecule has 3 heterocycles. The molecule has 10 heteroatoms. The number of benzene rings is 2. The summed E-state index contributed by atoms with van der Waals surface area (Å²) in [7, 11) is 3.20. The van der Waals surface area contributed by atoms with E-state index in [1.165, 1.54) is 0 Å². The van der Waals surface area contributed by atoms with Crippen LogP contribution in [0, 0.1) is 0 Å². The minimum atomic E-state index is -1.14. The number of nitrogens with one attached hydrogen (secondary N) is 1. The van der Waals surface area contributed by atoms with Crippen LogP contribution in [0.2, 0.25) is 0 Å². The molecule has 2 aromatic carbocycles. The Kier molecular flexibility index (Phi) is 7.43. The van der Waals surface area contributed by atoms with Crippen molar-refractivity contribution in [3.05, 3.63) is 84.3 Å². The Bertz CT molecular complexity index is 1540. The molecular weight excluding hydrogens is 484 g/mol. The first kappa shape index (κ1) is 25.1. The number of aliphatic hydroxyl groups excluding tert-OH is 1. The highest BCUT2D eigenvalue weighted by atomic mass is 16.6. The quantitative estimate of drug-likeness (QED) is 0.256. The Morgan fingerprint density at radius 1 is 1.00 bits per heavy atom. The fourth-order valence-electron chi connectivity index (χ4n) is 4.13. The minimum Gasteiger partial charge on any atom is -0.497 e. The molecule has 0 radical (unpaired) electrons. The van der Waals surface area contributed by atoms with E-state index in [4.69, 9.17) is 24.3 Å². The Balaban J connectivity index is 1.53. The molecule has 3 aromatic heterocycles. The number of pyridine rings is 1. The van der Waals surface area contributed by atoms with Crippen molar-refractivity contribution in [2.45, 2.75) is 19.8 Å². The van der Waals surface area contributed by atoms with Crippen LogP contribution in [0.1, 0.15) is 24.3 Å². The number of rotatable bonds is 10. The lowest BCUT2D eigenvalue weighted by atomic mass is 10.2. The molecule has 5 rings (SSSR count). The Labute approximate surface area is 219 Å². The minimum absolute atomic E-state index is 0.350. The van der Waals surface area contributed by atoms with Gasteiger partial charge >= 0.3 is 0 Å². The van der Waals surface area contributed by atoms with Gasteiger partial charge in [-0.15, -0.1) is 0 Å². The molecule has 0 spiro atoms. The maximum Gasteiger partial charge on any atom is 0.184 e. The lowest BCUT2D eigenvalue weighted by molar-refractivity contribution is -0.0976. The molecule has 0 aliphatic carbocycles. The monoisotopic (exact) mass is 512 g/mol. The highest BCUT2D eigenvalue weighted by Crippen LogP contribution is 2.33. The molecule has 0 saturated heterocycles. The van der Waals surface area contributed by atoms with Gasteiger partial charge in [0.05, 0.1) is 38.2 Å². The Morgan fingerprint density at radius 2 is 1.82 bits per heavy atom. The van der Waals surface area contributed by atoms with E-state index in [0.717, 1.165) is 22.2 Å². The zero-order chi connectivity index (χ0) is 26.5. The number of methoxy groups -OCH3 is 2. The van der Waals surface area contributed by atoms with Gasteiger partial charge in [-0.1, -0.05) is 30.3 Å². The van der Waals surface area contributed by atoms with E-state index in [9.17, 15) is 5.11 Å². The summed E-state index contributed by atoms with van der Waals surface area (Å²) in [5.74, 6) is 2.09.